The van der Waals surface area contributed by atoms with Crippen molar-refractivity contribution in [3.63, 3.8) is 0 Å². The van der Waals surface area contributed by atoms with Crippen molar-refractivity contribution in [2.45, 2.75) is 20.8 Å². The zero-order valence-corrected chi connectivity index (χ0v) is 9.16. The fraction of sp³-hybridized carbons (Fsp3) is 0.231. The van der Waals surface area contributed by atoms with Gasteiger partial charge in [0.05, 0.1) is 0 Å². The van der Waals surface area contributed by atoms with Crippen LogP contribution >= 0.6 is 0 Å². The maximum atomic E-state index is 10.9. The second-order valence-electron chi connectivity index (χ2n) is 2.50. The van der Waals surface area contributed by atoms with Crippen LogP contribution in [0.25, 0.3) is 0 Å². The molecule has 0 heterocycles. The number of nitrogens with zero attached hydrogens (tertiary/aromatic N) is 1. The van der Waals surface area contributed by atoms with Crippen molar-refractivity contribution in [2.75, 3.05) is 0 Å². The highest BCUT2D eigenvalue weighted by atomic mass is 16.1. The molecule has 0 aliphatic rings. The summed E-state index contributed by atoms with van der Waals surface area (Å²) in [5.74, 6) is 4.95. The lowest BCUT2D eigenvalue weighted by Gasteiger charge is -1.93. The molecule has 1 rings (SSSR count). The summed E-state index contributed by atoms with van der Waals surface area (Å²) in [5.41, 5.74) is 1.40. The van der Waals surface area contributed by atoms with Gasteiger partial charge in [0, 0.05) is 17.0 Å². The molecule has 0 saturated heterocycles. The molecule has 0 N–H and O–H groups in total. The molecule has 0 saturated carbocycles. The molecule has 2 heteroatoms. The van der Waals surface area contributed by atoms with Gasteiger partial charge in [-0.1, -0.05) is 31.9 Å². The van der Waals surface area contributed by atoms with E-state index in [1.54, 1.807) is 30.3 Å². The number of rotatable bonds is 1. The van der Waals surface area contributed by atoms with Gasteiger partial charge in [0.15, 0.2) is 11.9 Å². The SMILES string of the molecule is CC.CC(=O)c1ccc(C#CC#N)cc1. The van der Waals surface area contributed by atoms with Crippen LogP contribution in [0.15, 0.2) is 24.3 Å². The van der Waals surface area contributed by atoms with Gasteiger partial charge in [0.1, 0.15) is 0 Å². The Kier molecular flexibility index (Phi) is 6.34. The van der Waals surface area contributed by atoms with E-state index in [1.165, 1.54) is 6.92 Å². The van der Waals surface area contributed by atoms with E-state index in [0.717, 1.165) is 5.56 Å². The molecule has 1 aromatic carbocycles. The molecular formula is C13H13NO. The van der Waals surface area contributed by atoms with Crippen LogP contribution in [0.4, 0.5) is 0 Å². The molecule has 2 nitrogen and oxygen atoms in total. The first-order valence-electron chi connectivity index (χ1n) is 4.75. The lowest BCUT2D eigenvalue weighted by atomic mass is 10.1. The highest BCUT2D eigenvalue weighted by molar-refractivity contribution is 5.94. The molecule has 15 heavy (non-hydrogen) atoms. The Bertz CT molecular complexity index is 413. The number of hydrogen-bond acceptors (Lipinski definition) is 2. The minimum atomic E-state index is 0.0276. The predicted molar refractivity (Wildman–Crippen MR) is 60.3 cm³/mol. The normalized spacial score (nSPS) is 7.33. The molecule has 0 bridgehead atoms. The quantitative estimate of drug-likeness (QED) is 0.515. The van der Waals surface area contributed by atoms with Gasteiger partial charge in [-0.05, 0) is 19.1 Å². The fourth-order valence-corrected chi connectivity index (χ4v) is 0.888. The van der Waals surface area contributed by atoms with E-state index in [-0.39, 0.29) is 5.78 Å². The standard InChI is InChI=1S/C11H7NO.C2H6/c1-9(13)11-6-4-10(5-7-11)3-2-8-12;1-2/h4-7H,1H3;1-2H3. The molecule has 1 aromatic rings. The topological polar surface area (TPSA) is 40.9 Å². The van der Waals surface area contributed by atoms with Crippen LogP contribution in [0.5, 0.6) is 0 Å². The van der Waals surface area contributed by atoms with Gasteiger partial charge in [-0.2, -0.15) is 5.26 Å². The molecule has 0 spiro atoms. The molecule has 0 aliphatic heterocycles. The average Bonchev–Trinajstić information content (AvgIpc) is 2.29. The van der Waals surface area contributed by atoms with Crippen LogP contribution in [-0.2, 0) is 0 Å². The zero-order valence-electron chi connectivity index (χ0n) is 9.16. The Morgan fingerprint density at radius 2 is 1.73 bits per heavy atom. The summed E-state index contributed by atoms with van der Waals surface area (Å²) < 4.78 is 0. The number of carbonyl (C=O) groups excluding carboxylic acids is 1. The third-order valence-electron chi connectivity index (χ3n) is 1.55. The van der Waals surface area contributed by atoms with Gasteiger partial charge in [-0.3, -0.25) is 4.79 Å². The first-order chi connectivity index (χ1) is 7.24. The summed E-state index contributed by atoms with van der Waals surface area (Å²) >= 11 is 0. The maximum absolute atomic E-state index is 10.9. The third-order valence-corrected chi connectivity index (χ3v) is 1.55. The monoisotopic (exact) mass is 199 g/mol. The van der Waals surface area contributed by atoms with E-state index in [0.29, 0.717) is 5.56 Å². The second kappa shape index (κ2) is 7.35. The summed E-state index contributed by atoms with van der Waals surface area (Å²) in [6, 6.07) is 8.57. The number of nitriles is 1. The Balaban J connectivity index is 0.000000921. The maximum Gasteiger partial charge on any atom is 0.159 e. The average molecular weight is 199 g/mol. The zero-order chi connectivity index (χ0) is 11.7. The number of carbonyl (C=O) groups is 1. The van der Waals surface area contributed by atoms with Crippen molar-refractivity contribution in [3.05, 3.63) is 35.4 Å². The van der Waals surface area contributed by atoms with Gasteiger partial charge in [-0.25, -0.2) is 0 Å². The summed E-state index contributed by atoms with van der Waals surface area (Å²) in [7, 11) is 0. The predicted octanol–water partition coefficient (Wildman–Crippen LogP) is 2.79. The molecule has 0 fully saturated rings. The Hall–Kier alpha value is -2.06. The van der Waals surface area contributed by atoms with Crippen molar-refractivity contribution in [1.82, 2.24) is 0 Å². The van der Waals surface area contributed by atoms with E-state index in [9.17, 15) is 4.79 Å². The summed E-state index contributed by atoms with van der Waals surface area (Å²) in [5, 5.41) is 8.19. The van der Waals surface area contributed by atoms with Crippen molar-refractivity contribution >= 4 is 5.78 Å². The van der Waals surface area contributed by atoms with Crippen molar-refractivity contribution < 1.29 is 4.79 Å². The number of hydrogen-bond donors (Lipinski definition) is 0. The lowest BCUT2D eigenvalue weighted by Crippen LogP contribution is -1.90. The van der Waals surface area contributed by atoms with Crippen LogP contribution in [0.2, 0.25) is 0 Å². The fourth-order valence-electron chi connectivity index (χ4n) is 0.888. The van der Waals surface area contributed by atoms with E-state index in [4.69, 9.17) is 5.26 Å². The van der Waals surface area contributed by atoms with Crippen LogP contribution in [0.3, 0.4) is 0 Å². The summed E-state index contributed by atoms with van der Waals surface area (Å²) in [4.78, 5) is 10.9. The Morgan fingerprint density at radius 1 is 1.20 bits per heavy atom. The molecule has 0 aliphatic carbocycles. The molecular weight excluding hydrogens is 186 g/mol. The highest BCUT2D eigenvalue weighted by Gasteiger charge is 1.96. The van der Waals surface area contributed by atoms with E-state index in [2.05, 4.69) is 11.8 Å². The van der Waals surface area contributed by atoms with Crippen molar-refractivity contribution in [1.29, 1.82) is 5.26 Å². The lowest BCUT2D eigenvalue weighted by molar-refractivity contribution is 0.101. The molecule has 76 valence electrons. The second-order valence-corrected chi connectivity index (χ2v) is 2.50. The van der Waals surface area contributed by atoms with E-state index in [1.807, 2.05) is 13.8 Å². The van der Waals surface area contributed by atoms with Crippen molar-refractivity contribution in [2.24, 2.45) is 0 Å². The highest BCUT2D eigenvalue weighted by Crippen LogP contribution is 2.03. The molecule has 0 atom stereocenters. The van der Waals surface area contributed by atoms with Gasteiger partial charge in [0.2, 0.25) is 0 Å². The van der Waals surface area contributed by atoms with Crippen LogP contribution in [0, 0.1) is 23.2 Å². The van der Waals surface area contributed by atoms with E-state index >= 15 is 0 Å². The largest absolute Gasteiger partial charge is 0.295 e. The minimum Gasteiger partial charge on any atom is -0.295 e. The van der Waals surface area contributed by atoms with Gasteiger partial charge in [-0.15, -0.1) is 0 Å². The molecule has 0 aromatic heterocycles. The molecule has 0 unspecified atom stereocenters. The van der Waals surface area contributed by atoms with Gasteiger partial charge < -0.3 is 0 Å². The number of benzene rings is 1. The third kappa shape index (κ3) is 4.64. The van der Waals surface area contributed by atoms with Gasteiger partial charge in [0.25, 0.3) is 0 Å². The minimum absolute atomic E-state index is 0.0276. The van der Waals surface area contributed by atoms with Gasteiger partial charge >= 0.3 is 0 Å². The molecule has 0 radical (unpaired) electrons. The van der Waals surface area contributed by atoms with Crippen LogP contribution in [-0.4, -0.2) is 5.78 Å². The first kappa shape index (κ1) is 12.9. The number of Topliss-reactive ketones (excluding diaryl/α,β-unsaturated/α-hetero) is 1. The Morgan fingerprint density at radius 3 is 2.13 bits per heavy atom. The number of ketones is 1. The molecule has 0 amide bonds. The smallest absolute Gasteiger partial charge is 0.159 e. The Labute approximate surface area is 90.5 Å². The summed E-state index contributed by atoms with van der Waals surface area (Å²) in [6.07, 6.45) is 0. The first-order valence-corrected chi connectivity index (χ1v) is 4.75. The van der Waals surface area contributed by atoms with E-state index < -0.39 is 0 Å². The van der Waals surface area contributed by atoms with Crippen LogP contribution in [0.1, 0.15) is 36.7 Å². The van der Waals surface area contributed by atoms with Crippen LogP contribution < -0.4 is 0 Å². The summed E-state index contributed by atoms with van der Waals surface area (Å²) in [6.45, 7) is 5.51. The van der Waals surface area contributed by atoms with Crippen molar-refractivity contribution in [3.8, 4) is 17.9 Å².